The summed E-state index contributed by atoms with van der Waals surface area (Å²) < 4.78 is 32.0. The Kier molecular flexibility index (Phi) is 4.96. The van der Waals surface area contributed by atoms with E-state index in [1.54, 1.807) is 4.90 Å². The molecule has 3 rings (SSSR count). The smallest absolute Gasteiger partial charge is 0.444 e. The molecule has 0 radical (unpaired) electrons. The lowest BCUT2D eigenvalue weighted by Gasteiger charge is -2.49. The Morgan fingerprint density at radius 2 is 1.56 bits per heavy atom. The van der Waals surface area contributed by atoms with Crippen molar-refractivity contribution in [2.24, 2.45) is 5.41 Å². The van der Waals surface area contributed by atoms with E-state index in [0.717, 1.165) is 31.3 Å². The zero-order chi connectivity index (χ0) is 20.3. The van der Waals surface area contributed by atoms with Crippen LogP contribution in [0, 0.1) is 5.41 Å². The van der Waals surface area contributed by atoms with Gasteiger partial charge in [-0.15, -0.1) is 0 Å². The van der Waals surface area contributed by atoms with Crippen LogP contribution >= 0.6 is 0 Å². The van der Waals surface area contributed by atoms with Gasteiger partial charge < -0.3 is 18.9 Å². The molecule has 1 amide bonds. The average molecular weight is 381 g/mol. The number of likely N-dealkylation sites (tertiary alicyclic amines) is 1. The van der Waals surface area contributed by atoms with Crippen LogP contribution in [0.1, 0.15) is 74.1 Å². The van der Waals surface area contributed by atoms with Crippen LogP contribution in [0.3, 0.4) is 0 Å². The maximum absolute atomic E-state index is 14.9. The number of halogens is 1. The van der Waals surface area contributed by atoms with Crippen LogP contribution in [0.15, 0.2) is 11.3 Å². The molecule has 27 heavy (non-hydrogen) atoms. The Labute approximate surface area is 162 Å². The number of amides is 1. The Hall–Kier alpha value is -1.08. The maximum atomic E-state index is 14.9. The van der Waals surface area contributed by atoms with Crippen molar-refractivity contribution in [1.82, 2.24) is 4.90 Å². The molecule has 1 spiro atoms. The number of hydrogen-bond acceptors (Lipinski definition) is 4. The molecule has 0 aromatic carbocycles. The van der Waals surface area contributed by atoms with Crippen LogP contribution < -0.4 is 0 Å². The molecule has 0 N–H and O–H groups in total. The van der Waals surface area contributed by atoms with Gasteiger partial charge in [-0.2, -0.15) is 0 Å². The summed E-state index contributed by atoms with van der Waals surface area (Å²) in [4.78, 5) is 14.0. The van der Waals surface area contributed by atoms with Gasteiger partial charge >= 0.3 is 13.2 Å². The lowest BCUT2D eigenvalue weighted by molar-refractivity contribution is 0.00395. The minimum Gasteiger partial charge on any atom is -0.444 e. The highest BCUT2D eigenvalue weighted by atomic mass is 19.1. The molecule has 5 nitrogen and oxygen atoms in total. The van der Waals surface area contributed by atoms with Gasteiger partial charge in [0.05, 0.1) is 11.2 Å². The van der Waals surface area contributed by atoms with Crippen molar-refractivity contribution in [2.45, 2.75) is 91.0 Å². The van der Waals surface area contributed by atoms with Crippen LogP contribution in [-0.2, 0) is 14.0 Å². The number of ether oxygens (including phenoxy) is 1. The number of allylic oxidation sites excluding steroid dienone is 1. The fraction of sp³-hybridized carbons (Fsp3) is 0.850. The number of carbonyl (C=O) groups is 1. The molecular weight excluding hydrogens is 348 g/mol. The fourth-order valence-corrected chi connectivity index (χ4v) is 3.98. The molecule has 2 heterocycles. The monoisotopic (exact) mass is 381 g/mol. The normalized spacial score (nSPS) is 26.1. The van der Waals surface area contributed by atoms with Gasteiger partial charge in [0.15, 0.2) is 0 Å². The first-order valence-electron chi connectivity index (χ1n) is 9.95. The molecule has 0 aromatic heterocycles. The van der Waals surface area contributed by atoms with Crippen molar-refractivity contribution >= 4 is 13.2 Å². The molecule has 2 saturated heterocycles. The minimum absolute atomic E-state index is 0.106. The van der Waals surface area contributed by atoms with Gasteiger partial charge in [-0.05, 0) is 85.1 Å². The van der Waals surface area contributed by atoms with Crippen LogP contribution in [0.25, 0.3) is 0 Å². The highest BCUT2D eigenvalue weighted by molar-refractivity contribution is 6.53. The molecule has 0 unspecified atom stereocenters. The second-order valence-corrected chi connectivity index (χ2v) is 10.4. The van der Waals surface area contributed by atoms with E-state index in [9.17, 15) is 9.18 Å². The number of rotatable bonds is 1. The predicted octanol–water partition coefficient (Wildman–Crippen LogP) is 4.65. The van der Waals surface area contributed by atoms with E-state index in [0.29, 0.717) is 13.1 Å². The predicted molar refractivity (Wildman–Crippen MR) is 103 cm³/mol. The number of carbonyl (C=O) groups excluding carboxylic acids is 1. The summed E-state index contributed by atoms with van der Waals surface area (Å²) in [6.07, 6.45) is 2.96. The Morgan fingerprint density at radius 3 is 2.00 bits per heavy atom. The SMILES string of the molecule is CC(C)(C)OC(=O)N1CCC2(CC1)CC(=C(F)B1OC(C)(C)C(C)(C)O1)C2. The topological polar surface area (TPSA) is 48.0 Å². The van der Waals surface area contributed by atoms with Gasteiger partial charge in [-0.25, -0.2) is 9.18 Å². The Balaban J connectivity index is 1.55. The molecule has 1 saturated carbocycles. The molecule has 2 aliphatic heterocycles. The zero-order valence-corrected chi connectivity index (χ0v) is 17.8. The Morgan fingerprint density at radius 1 is 1.07 bits per heavy atom. The third-order valence-electron chi connectivity index (χ3n) is 6.45. The molecular formula is C20H33BFNO4. The van der Waals surface area contributed by atoms with Crippen molar-refractivity contribution in [3.63, 3.8) is 0 Å². The highest BCUT2D eigenvalue weighted by Crippen LogP contribution is 2.54. The van der Waals surface area contributed by atoms with E-state index in [2.05, 4.69) is 0 Å². The summed E-state index contributed by atoms with van der Waals surface area (Å²) >= 11 is 0. The molecule has 0 aromatic rings. The third-order valence-corrected chi connectivity index (χ3v) is 6.45. The van der Waals surface area contributed by atoms with Gasteiger partial charge in [-0.3, -0.25) is 0 Å². The van der Waals surface area contributed by atoms with Crippen LogP contribution in [0.5, 0.6) is 0 Å². The molecule has 152 valence electrons. The molecule has 0 bridgehead atoms. The molecule has 0 atom stereocenters. The van der Waals surface area contributed by atoms with Crippen molar-refractivity contribution in [2.75, 3.05) is 13.1 Å². The van der Waals surface area contributed by atoms with Gasteiger partial charge in [0.25, 0.3) is 0 Å². The van der Waals surface area contributed by atoms with Crippen LogP contribution in [0.2, 0.25) is 0 Å². The molecule has 3 aliphatic rings. The first-order valence-corrected chi connectivity index (χ1v) is 9.95. The van der Waals surface area contributed by atoms with Crippen molar-refractivity contribution in [1.29, 1.82) is 0 Å². The second kappa shape index (κ2) is 6.48. The first-order chi connectivity index (χ1) is 12.2. The highest BCUT2D eigenvalue weighted by Gasteiger charge is 2.55. The third kappa shape index (κ3) is 4.04. The van der Waals surface area contributed by atoms with Gasteiger partial charge in [0.1, 0.15) is 11.3 Å². The summed E-state index contributed by atoms with van der Waals surface area (Å²) in [6, 6.07) is 0. The summed E-state index contributed by atoms with van der Waals surface area (Å²) in [5.74, 6) is 0. The van der Waals surface area contributed by atoms with Gasteiger partial charge in [-0.1, -0.05) is 0 Å². The number of hydrogen-bond donors (Lipinski definition) is 0. The van der Waals surface area contributed by atoms with E-state index in [-0.39, 0.29) is 17.2 Å². The van der Waals surface area contributed by atoms with Gasteiger partial charge in [0.2, 0.25) is 0 Å². The van der Waals surface area contributed by atoms with E-state index in [1.807, 2.05) is 48.5 Å². The largest absolute Gasteiger partial charge is 0.525 e. The summed E-state index contributed by atoms with van der Waals surface area (Å²) in [6.45, 7) is 14.7. The zero-order valence-electron chi connectivity index (χ0n) is 17.8. The number of piperidine rings is 1. The molecule has 3 fully saturated rings. The first kappa shape index (κ1) is 20.7. The average Bonchev–Trinajstić information content (AvgIpc) is 2.71. The van der Waals surface area contributed by atoms with Crippen molar-refractivity contribution in [3.8, 4) is 0 Å². The molecule has 1 aliphatic carbocycles. The minimum atomic E-state index is -0.899. The van der Waals surface area contributed by atoms with E-state index in [4.69, 9.17) is 14.0 Å². The van der Waals surface area contributed by atoms with E-state index >= 15 is 0 Å². The standard InChI is InChI=1S/C20H33BFNO4/c1-17(2,3)25-16(24)23-10-8-20(9-11-23)12-14(13-20)15(22)21-26-18(4,5)19(6,7)27-21/h8-13H2,1-7H3. The van der Waals surface area contributed by atoms with Crippen molar-refractivity contribution < 1.29 is 23.2 Å². The van der Waals surface area contributed by atoms with Crippen molar-refractivity contribution in [3.05, 3.63) is 11.3 Å². The van der Waals surface area contributed by atoms with Crippen LogP contribution in [-0.4, -0.2) is 48.0 Å². The Bertz CT molecular complexity index is 619. The quantitative estimate of drug-likeness (QED) is 0.621. The number of nitrogens with zero attached hydrogens (tertiary/aromatic N) is 1. The summed E-state index contributed by atoms with van der Waals surface area (Å²) in [5.41, 5.74) is -0.890. The molecule has 7 heteroatoms. The second-order valence-electron chi connectivity index (χ2n) is 10.4. The summed E-state index contributed by atoms with van der Waals surface area (Å²) in [7, 11) is -0.899. The van der Waals surface area contributed by atoms with Crippen LogP contribution in [0.4, 0.5) is 9.18 Å². The lowest BCUT2D eigenvalue weighted by Crippen LogP contribution is -2.48. The lowest BCUT2D eigenvalue weighted by atomic mass is 9.58. The maximum Gasteiger partial charge on any atom is 0.525 e. The van der Waals surface area contributed by atoms with E-state index in [1.165, 1.54) is 0 Å². The summed E-state index contributed by atoms with van der Waals surface area (Å²) in [5, 5.41) is 0. The van der Waals surface area contributed by atoms with E-state index < -0.39 is 23.9 Å². The fourth-order valence-electron chi connectivity index (χ4n) is 3.98. The van der Waals surface area contributed by atoms with Gasteiger partial charge in [0, 0.05) is 13.1 Å².